The van der Waals surface area contributed by atoms with E-state index in [0.717, 1.165) is 10.6 Å². The van der Waals surface area contributed by atoms with Crippen molar-refractivity contribution in [2.24, 2.45) is 0 Å². The van der Waals surface area contributed by atoms with Crippen molar-refractivity contribution in [3.8, 4) is 0 Å². The third-order valence-electron chi connectivity index (χ3n) is 2.62. The first kappa shape index (κ1) is 12.3. The number of aromatic nitrogens is 2. The SMILES string of the molecule is C=CC1=C(n2ccc(=O)[nH]c2=O)O[C@H](CO)[C@H]1O. The standard InChI is InChI=1S/C11H12N2O5/c1-2-6-9(16)7(5-14)18-10(6)13-4-3-8(15)12-11(13)17/h2-4,7,9,14,16H,1,5H2,(H,12,15,17)/t7-,9+/m1/s1. The van der Waals surface area contributed by atoms with Crippen molar-refractivity contribution >= 4 is 5.88 Å². The molecule has 0 spiro atoms. The summed E-state index contributed by atoms with van der Waals surface area (Å²) >= 11 is 0. The zero-order chi connectivity index (χ0) is 13.3. The van der Waals surface area contributed by atoms with Crippen molar-refractivity contribution in [1.82, 2.24) is 9.55 Å². The molecule has 7 nitrogen and oxygen atoms in total. The molecule has 2 heterocycles. The molecule has 0 radical (unpaired) electrons. The molecule has 2 atom stereocenters. The minimum Gasteiger partial charge on any atom is -0.469 e. The van der Waals surface area contributed by atoms with Crippen LogP contribution in [0.4, 0.5) is 0 Å². The minimum absolute atomic E-state index is 0.0535. The molecular formula is C11H12N2O5. The van der Waals surface area contributed by atoms with Crippen LogP contribution in [0.25, 0.3) is 5.88 Å². The summed E-state index contributed by atoms with van der Waals surface area (Å²) in [6.45, 7) is 3.12. The van der Waals surface area contributed by atoms with Crippen molar-refractivity contribution in [3.63, 3.8) is 0 Å². The van der Waals surface area contributed by atoms with Gasteiger partial charge in [0.1, 0.15) is 6.10 Å². The molecule has 0 fully saturated rings. The van der Waals surface area contributed by atoms with Gasteiger partial charge in [0.05, 0.1) is 6.61 Å². The highest BCUT2D eigenvalue weighted by atomic mass is 16.5. The second-order valence-corrected chi connectivity index (χ2v) is 3.73. The van der Waals surface area contributed by atoms with Crippen molar-refractivity contribution in [2.75, 3.05) is 6.61 Å². The first-order valence-corrected chi connectivity index (χ1v) is 5.23. The van der Waals surface area contributed by atoms with Crippen molar-refractivity contribution in [3.05, 3.63) is 51.3 Å². The molecule has 0 saturated carbocycles. The highest BCUT2D eigenvalue weighted by Crippen LogP contribution is 2.28. The third-order valence-corrected chi connectivity index (χ3v) is 2.62. The first-order chi connectivity index (χ1) is 8.58. The van der Waals surface area contributed by atoms with Crippen LogP contribution in [-0.2, 0) is 4.74 Å². The maximum Gasteiger partial charge on any atom is 0.335 e. The number of aromatic amines is 1. The fourth-order valence-electron chi connectivity index (χ4n) is 1.72. The first-order valence-electron chi connectivity index (χ1n) is 5.23. The van der Waals surface area contributed by atoms with Gasteiger partial charge in [-0.15, -0.1) is 0 Å². The van der Waals surface area contributed by atoms with Gasteiger partial charge >= 0.3 is 5.69 Å². The topological polar surface area (TPSA) is 105 Å². The molecule has 0 saturated heterocycles. The number of nitrogens with zero attached hydrogens (tertiary/aromatic N) is 1. The molecule has 0 bridgehead atoms. The Morgan fingerprint density at radius 3 is 2.83 bits per heavy atom. The summed E-state index contributed by atoms with van der Waals surface area (Å²) in [4.78, 5) is 24.6. The van der Waals surface area contributed by atoms with Crippen LogP contribution in [0.3, 0.4) is 0 Å². The summed E-state index contributed by atoms with van der Waals surface area (Å²) in [7, 11) is 0. The Labute approximate surface area is 101 Å². The molecule has 1 aliphatic heterocycles. The van der Waals surface area contributed by atoms with Gasteiger partial charge in [-0.05, 0) is 0 Å². The Hall–Kier alpha value is -2.12. The number of nitrogens with one attached hydrogen (secondary N) is 1. The molecule has 1 aliphatic rings. The van der Waals surface area contributed by atoms with Gasteiger partial charge in [-0.1, -0.05) is 12.7 Å². The van der Waals surface area contributed by atoms with E-state index in [0.29, 0.717) is 0 Å². The number of H-pyrrole nitrogens is 1. The van der Waals surface area contributed by atoms with E-state index in [9.17, 15) is 14.7 Å². The zero-order valence-corrected chi connectivity index (χ0v) is 9.37. The van der Waals surface area contributed by atoms with Gasteiger partial charge in [0.15, 0.2) is 6.10 Å². The maximum absolute atomic E-state index is 11.6. The molecule has 1 aromatic heterocycles. The molecule has 96 valence electrons. The van der Waals surface area contributed by atoms with Crippen LogP contribution >= 0.6 is 0 Å². The smallest absolute Gasteiger partial charge is 0.335 e. The van der Waals surface area contributed by atoms with Crippen LogP contribution in [0.5, 0.6) is 0 Å². The molecule has 1 aromatic rings. The average molecular weight is 252 g/mol. The largest absolute Gasteiger partial charge is 0.469 e. The van der Waals surface area contributed by atoms with E-state index in [2.05, 4.69) is 11.6 Å². The summed E-state index contributed by atoms with van der Waals surface area (Å²) in [5, 5.41) is 18.9. The zero-order valence-electron chi connectivity index (χ0n) is 9.37. The number of rotatable bonds is 3. The summed E-state index contributed by atoms with van der Waals surface area (Å²) < 4.78 is 6.32. The van der Waals surface area contributed by atoms with Crippen LogP contribution < -0.4 is 11.2 Å². The number of ether oxygens (including phenoxy) is 1. The van der Waals surface area contributed by atoms with E-state index in [1.807, 2.05) is 0 Å². The fourth-order valence-corrected chi connectivity index (χ4v) is 1.72. The quantitative estimate of drug-likeness (QED) is 0.616. The lowest BCUT2D eigenvalue weighted by atomic mass is 10.1. The summed E-state index contributed by atoms with van der Waals surface area (Å²) in [5.41, 5.74) is -0.944. The Kier molecular flexibility index (Phi) is 3.17. The number of hydrogen-bond acceptors (Lipinski definition) is 5. The van der Waals surface area contributed by atoms with Crippen LogP contribution in [0.2, 0.25) is 0 Å². The Morgan fingerprint density at radius 2 is 2.28 bits per heavy atom. The lowest BCUT2D eigenvalue weighted by molar-refractivity contribution is 0.0236. The Morgan fingerprint density at radius 1 is 1.56 bits per heavy atom. The lowest BCUT2D eigenvalue weighted by Crippen LogP contribution is -2.29. The van der Waals surface area contributed by atoms with Crippen LogP contribution in [0.15, 0.2) is 40.1 Å². The summed E-state index contributed by atoms with van der Waals surface area (Å²) in [5.74, 6) is 0.0535. The van der Waals surface area contributed by atoms with Gasteiger partial charge in [-0.25, -0.2) is 9.36 Å². The fraction of sp³-hybridized carbons (Fsp3) is 0.273. The van der Waals surface area contributed by atoms with Crippen molar-refractivity contribution < 1.29 is 14.9 Å². The van der Waals surface area contributed by atoms with Gasteiger partial charge < -0.3 is 14.9 Å². The summed E-state index contributed by atoms with van der Waals surface area (Å²) in [6.07, 6.45) is 0.646. The van der Waals surface area contributed by atoms with E-state index < -0.39 is 30.1 Å². The second-order valence-electron chi connectivity index (χ2n) is 3.73. The van der Waals surface area contributed by atoms with Crippen molar-refractivity contribution in [2.45, 2.75) is 12.2 Å². The molecule has 0 aromatic carbocycles. The predicted molar refractivity (Wildman–Crippen MR) is 62.7 cm³/mol. The van der Waals surface area contributed by atoms with Gasteiger partial charge in [0, 0.05) is 17.8 Å². The van der Waals surface area contributed by atoms with E-state index >= 15 is 0 Å². The predicted octanol–water partition coefficient (Wildman–Crippen LogP) is -1.36. The molecule has 0 amide bonds. The monoisotopic (exact) mass is 252 g/mol. The molecule has 0 unspecified atom stereocenters. The van der Waals surface area contributed by atoms with Crippen LogP contribution in [-0.4, -0.2) is 38.6 Å². The third kappa shape index (κ3) is 1.89. The number of aliphatic hydroxyl groups excluding tert-OH is 2. The van der Waals surface area contributed by atoms with Crippen LogP contribution in [0.1, 0.15) is 0 Å². The number of aliphatic hydroxyl groups is 2. The normalized spacial score (nSPS) is 23.0. The van der Waals surface area contributed by atoms with Crippen LogP contribution in [0, 0.1) is 0 Å². The van der Waals surface area contributed by atoms with Gasteiger partial charge in [0.2, 0.25) is 5.88 Å². The van der Waals surface area contributed by atoms with E-state index in [-0.39, 0.29) is 11.5 Å². The summed E-state index contributed by atoms with van der Waals surface area (Å²) in [6, 6.07) is 1.15. The molecule has 7 heteroatoms. The average Bonchev–Trinajstić information content (AvgIpc) is 2.65. The highest BCUT2D eigenvalue weighted by molar-refractivity contribution is 5.53. The molecule has 18 heavy (non-hydrogen) atoms. The second kappa shape index (κ2) is 4.63. The van der Waals surface area contributed by atoms with Crippen molar-refractivity contribution in [1.29, 1.82) is 0 Å². The minimum atomic E-state index is -1.07. The van der Waals surface area contributed by atoms with E-state index in [1.54, 1.807) is 0 Å². The molecule has 2 rings (SSSR count). The van der Waals surface area contributed by atoms with Gasteiger partial charge in [0.25, 0.3) is 5.56 Å². The Bertz CT molecular complexity index is 612. The lowest BCUT2D eigenvalue weighted by Gasteiger charge is -2.12. The molecule has 0 aliphatic carbocycles. The number of hydrogen-bond donors (Lipinski definition) is 3. The Balaban J connectivity index is 2.55. The highest BCUT2D eigenvalue weighted by Gasteiger charge is 2.34. The van der Waals surface area contributed by atoms with Gasteiger partial charge in [-0.2, -0.15) is 0 Å². The maximum atomic E-state index is 11.6. The van der Waals surface area contributed by atoms with Gasteiger partial charge in [-0.3, -0.25) is 9.78 Å². The molecular weight excluding hydrogens is 240 g/mol. The van der Waals surface area contributed by atoms with E-state index in [1.165, 1.54) is 12.3 Å². The van der Waals surface area contributed by atoms with E-state index in [4.69, 9.17) is 9.84 Å². The molecule has 3 N–H and O–H groups in total.